The number of amides is 5. The molecule has 0 radical (unpaired) electrons. The minimum atomic E-state index is -1.03. The molecule has 3 aromatic carbocycles. The summed E-state index contributed by atoms with van der Waals surface area (Å²) in [5, 5.41) is 23.8. The van der Waals surface area contributed by atoms with Crippen LogP contribution in [-0.2, 0) is 29.2 Å². The Morgan fingerprint density at radius 3 is 2.63 bits per heavy atom. The fourth-order valence-corrected chi connectivity index (χ4v) is 6.53. The van der Waals surface area contributed by atoms with Crippen molar-refractivity contribution in [2.24, 2.45) is 0 Å². The lowest BCUT2D eigenvalue weighted by molar-refractivity contribution is -0.136. The van der Waals surface area contributed by atoms with Gasteiger partial charge in [-0.25, -0.2) is 5.48 Å². The number of imide groups is 2. The summed E-state index contributed by atoms with van der Waals surface area (Å²) >= 11 is 0. The van der Waals surface area contributed by atoms with E-state index in [2.05, 4.69) is 20.9 Å². The van der Waals surface area contributed by atoms with E-state index in [1.54, 1.807) is 40.5 Å². The largest absolute Gasteiger partial charge is 0.494 e. The molecule has 266 valence electrons. The maximum Gasteiger partial charge on any atom is 0.274 e. The van der Waals surface area contributed by atoms with E-state index in [4.69, 9.17) is 9.94 Å². The van der Waals surface area contributed by atoms with Gasteiger partial charge in [-0.2, -0.15) is 0 Å². The van der Waals surface area contributed by atoms with Gasteiger partial charge in [0, 0.05) is 42.5 Å². The van der Waals surface area contributed by atoms with Crippen LogP contribution in [0.3, 0.4) is 0 Å². The molecule has 0 saturated carbocycles. The van der Waals surface area contributed by atoms with Gasteiger partial charge < -0.3 is 14.6 Å². The first-order valence-electron chi connectivity index (χ1n) is 17.0. The summed E-state index contributed by atoms with van der Waals surface area (Å²) < 4.78 is 9.76. The molecular weight excluding hydrogens is 668 g/mol. The number of nitrogens with one attached hydrogen (secondary N) is 3. The predicted molar refractivity (Wildman–Crippen MR) is 187 cm³/mol. The summed E-state index contributed by atoms with van der Waals surface area (Å²) in [6.07, 6.45) is 6.63. The van der Waals surface area contributed by atoms with Crippen molar-refractivity contribution in [3.05, 3.63) is 107 Å². The Balaban J connectivity index is 0.838. The van der Waals surface area contributed by atoms with Crippen LogP contribution in [0.5, 0.6) is 5.75 Å². The summed E-state index contributed by atoms with van der Waals surface area (Å²) in [6.45, 7) is 2.15. The van der Waals surface area contributed by atoms with Crippen molar-refractivity contribution in [2.45, 2.75) is 57.8 Å². The van der Waals surface area contributed by atoms with Crippen molar-refractivity contribution >= 4 is 46.1 Å². The third-order valence-corrected chi connectivity index (χ3v) is 9.23. The molecule has 5 aromatic rings. The van der Waals surface area contributed by atoms with Crippen LogP contribution in [0.4, 0.5) is 5.69 Å². The predicted octanol–water partition coefficient (Wildman–Crippen LogP) is 3.66. The smallest absolute Gasteiger partial charge is 0.274 e. The Kier molecular flexibility index (Phi) is 9.75. The van der Waals surface area contributed by atoms with E-state index in [0.717, 1.165) is 46.4 Å². The molecule has 5 amide bonds. The number of piperidine rings is 1. The van der Waals surface area contributed by atoms with Crippen molar-refractivity contribution in [3.8, 4) is 5.75 Å². The molecule has 15 nitrogen and oxygen atoms in total. The molecule has 2 aromatic heterocycles. The fraction of sp³-hybridized carbons (Fsp3) is 0.270. The average Bonchev–Trinajstić information content (AvgIpc) is 3.85. The van der Waals surface area contributed by atoms with Gasteiger partial charge >= 0.3 is 0 Å². The number of anilines is 1. The number of hydrogen-bond donors (Lipinski definition) is 4. The number of hydrogen-bond acceptors (Lipinski definition) is 10. The number of hydroxylamine groups is 1. The first-order chi connectivity index (χ1) is 25.3. The number of benzene rings is 3. The van der Waals surface area contributed by atoms with E-state index in [1.807, 2.05) is 53.4 Å². The molecule has 2 aliphatic heterocycles. The van der Waals surface area contributed by atoms with E-state index in [0.29, 0.717) is 36.6 Å². The Hall–Kier alpha value is -6.35. The van der Waals surface area contributed by atoms with Crippen molar-refractivity contribution in [1.82, 2.24) is 35.3 Å². The van der Waals surface area contributed by atoms with Crippen LogP contribution in [0.15, 0.2) is 79.1 Å². The number of unbranched alkanes of at least 4 members (excludes halogenated alkanes) is 2. The lowest BCUT2D eigenvalue weighted by Crippen LogP contribution is -2.54. The molecule has 2 aliphatic rings. The normalized spacial score (nSPS) is 15.6. The van der Waals surface area contributed by atoms with Crippen LogP contribution in [0.1, 0.15) is 74.4 Å². The van der Waals surface area contributed by atoms with Gasteiger partial charge in [-0.15, -0.1) is 5.10 Å². The van der Waals surface area contributed by atoms with E-state index in [1.165, 1.54) is 0 Å². The molecule has 15 heteroatoms. The second-order valence-electron chi connectivity index (χ2n) is 12.7. The molecule has 7 rings (SSSR count). The zero-order valence-electron chi connectivity index (χ0n) is 28.1. The quantitative estimate of drug-likeness (QED) is 0.0575. The van der Waals surface area contributed by atoms with Crippen molar-refractivity contribution < 1.29 is 33.9 Å². The van der Waals surface area contributed by atoms with Crippen LogP contribution >= 0.6 is 0 Å². The maximum atomic E-state index is 13.3. The monoisotopic (exact) mass is 704 g/mol. The van der Waals surface area contributed by atoms with Crippen LogP contribution in [0.2, 0.25) is 0 Å². The Bertz CT molecular complexity index is 2170. The van der Waals surface area contributed by atoms with E-state index >= 15 is 0 Å². The number of aromatic nitrogens is 4. The summed E-state index contributed by atoms with van der Waals surface area (Å²) in [7, 11) is 0. The van der Waals surface area contributed by atoms with Crippen LogP contribution in [0, 0.1) is 0 Å². The van der Waals surface area contributed by atoms with Crippen LogP contribution in [-0.4, -0.2) is 71.9 Å². The number of carbonyl (C=O) groups is 5. The Labute approximate surface area is 297 Å². The SMILES string of the molecule is O=C1CCC(N2C(=O)c3cccc(NCc4cn(CCCCCOc5ccc(Cn6ccc7ccc(C(=O)NO)cc76)cc5)nn4)c3C2=O)C(=O)N1. The fourth-order valence-electron chi connectivity index (χ4n) is 6.53. The van der Waals surface area contributed by atoms with Crippen LogP contribution in [0.25, 0.3) is 10.9 Å². The Morgan fingerprint density at radius 1 is 0.981 bits per heavy atom. The van der Waals surface area contributed by atoms with Crippen molar-refractivity contribution in [1.29, 1.82) is 0 Å². The van der Waals surface area contributed by atoms with Gasteiger partial charge in [-0.05, 0) is 79.1 Å². The molecule has 4 heterocycles. The standard InChI is InChI=1S/C37H36N8O7/c46-32-14-13-30(35(48)39-32)45-36(49)28-5-4-6-29(33(28)37(45)50)38-20-26-22-44(42-40-26)16-2-1-3-18-52-27-11-7-23(8-12-27)21-43-17-15-24-9-10-25(19-31(24)43)34(47)41-51/h4-12,15,17,19,22,30,38,51H,1-3,13-14,16,18,20-21H2,(H,41,47)(H,39,46,48). The van der Waals surface area contributed by atoms with Gasteiger partial charge in [0.25, 0.3) is 17.7 Å². The minimum Gasteiger partial charge on any atom is -0.494 e. The first-order valence-corrected chi connectivity index (χ1v) is 17.0. The Morgan fingerprint density at radius 2 is 1.83 bits per heavy atom. The zero-order chi connectivity index (χ0) is 36.2. The first kappa shape index (κ1) is 34.1. The maximum absolute atomic E-state index is 13.3. The molecule has 1 fully saturated rings. The molecular formula is C37H36N8O7. The summed E-state index contributed by atoms with van der Waals surface area (Å²) in [6, 6.07) is 19.1. The number of carbonyl (C=O) groups excluding carboxylic acids is 5. The van der Waals surface area contributed by atoms with E-state index < -0.39 is 35.6 Å². The number of rotatable bonds is 14. The zero-order valence-corrected chi connectivity index (χ0v) is 28.1. The summed E-state index contributed by atoms with van der Waals surface area (Å²) in [5.41, 5.74) is 5.55. The van der Waals surface area contributed by atoms with E-state index in [-0.39, 0.29) is 30.5 Å². The average molecular weight is 705 g/mol. The number of ether oxygens (including phenoxy) is 1. The molecule has 4 N–H and O–H groups in total. The van der Waals surface area contributed by atoms with Gasteiger partial charge in [-0.1, -0.05) is 29.5 Å². The molecule has 1 unspecified atom stereocenters. The van der Waals surface area contributed by atoms with Crippen LogP contribution < -0.4 is 20.9 Å². The van der Waals surface area contributed by atoms with Crippen molar-refractivity contribution in [3.63, 3.8) is 0 Å². The van der Waals surface area contributed by atoms with E-state index in [9.17, 15) is 24.0 Å². The molecule has 0 bridgehead atoms. The molecule has 0 aliphatic carbocycles. The number of aryl methyl sites for hydroxylation is 1. The van der Waals surface area contributed by atoms with Gasteiger partial charge in [0.05, 0.1) is 30.5 Å². The highest BCUT2D eigenvalue weighted by atomic mass is 16.5. The molecule has 1 atom stereocenters. The third-order valence-electron chi connectivity index (χ3n) is 9.23. The highest BCUT2D eigenvalue weighted by molar-refractivity contribution is 6.25. The number of nitrogens with zero attached hydrogens (tertiary/aromatic N) is 5. The van der Waals surface area contributed by atoms with Gasteiger partial charge in [0.1, 0.15) is 17.5 Å². The second-order valence-corrected chi connectivity index (χ2v) is 12.7. The van der Waals surface area contributed by atoms with Crippen molar-refractivity contribution in [2.75, 3.05) is 11.9 Å². The van der Waals surface area contributed by atoms with Gasteiger partial charge in [-0.3, -0.25) is 44.1 Å². The lowest BCUT2D eigenvalue weighted by atomic mass is 10.0. The summed E-state index contributed by atoms with van der Waals surface area (Å²) in [4.78, 5) is 63.2. The third kappa shape index (κ3) is 7.11. The highest BCUT2D eigenvalue weighted by Crippen LogP contribution is 2.32. The van der Waals surface area contributed by atoms with Gasteiger partial charge in [0.15, 0.2) is 0 Å². The topological polar surface area (TPSA) is 190 Å². The number of fused-ring (bicyclic) bond motifs is 2. The van der Waals surface area contributed by atoms with Gasteiger partial charge in [0.2, 0.25) is 11.8 Å². The molecule has 1 saturated heterocycles. The molecule has 0 spiro atoms. The minimum absolute atomic E-state index is 0.0580. The summed E-state index contributed by atoms with van der Waals surface area (Å²) in [5.74, 6) is -1.96. The second kappa shape index (κ2) is 14.9. The lowest BCUT2D eigenvalue weighted by Gasteiger charge is -2.27. The highest BCUT2D eigenvalue weighted by Gasteiger charge is 2.45. The molecule has 52 heavy (non-hydrogen) atoms.